The van der Waals surface area contributed by atoms with Crippen LogP contribution in [0.3, 0.4) is 0 Å². The van der Waals surface area contributed by atoms with Crippen molar-refractivity contribution in [1.29, 1.82) is 0 Å². The Morgan fingerprint density at radius 3 is 2.90 bits per heavy atom. The van der Waals surface area contributed by atoms with Crippen molar-refractivity contribution in [2.24, 2.45) is 17.3 Å². The van der Waals surface area contributed by atoms with Crippen molar-refractivity contribution in [3.05, 3.63) is 23.8 Å². The number of piperidine rings is 2. The topological polar surface area (TPSA) is 24.5 Å². The van der Waals surface area contributed by atoms with Crippen LogP contribution in [0.1, 0.15) is 25.7 Å². The highest BCUT2D eigenvalue weighted by molar-refractivity contribution is 5.42. The number of hydrogen-bond acceptors (Lipinski definition) is 3. The van der Waals surface area contributed by atoms with E-state index in [4.69, 9.17) is 4.74 Å². The van der Waals surface area contributed by atoms with Gasteiger partial charge in [-0.15, -0.1) is 0 Å². The molecule has 4 aliphatic rings. The molecule has 0 aromatic carbocycles. The van der Waals surface area contributed by atoms with Gasteiger partial charge in [-0.3, -0.25) is 4.90 Å². The minimum absolute atomic E-state index is 0.402. The van der Waals surface area contributed by atoms with Crippen LogP contribution >= 0.6 is 0 Å². The molecular weight excluding hydrogens is 260 g/mol. The van der Waals surface area contributed by atoms with Gasteiger partial charge in [0, 0.05) is 25.1 Å². The number of nitrogens with one attached hydrogen (secondary N) is 1. The van der Waals surface area contributed by atoms with Crippen molar-refractivity contribution in [2.45, 2.75) is 31.7 Å². The first-order valence-corrected chi connectivity index (χ1v) is 8.69. The lowest BCUT2D eigenvalue weighted by atomic mass is 9.87. The highest BCUT2D eigenvalue weighted by Crippen LogP contribution is 2.65. The molecule has 2 saturated heterocycles. The summed E-state index contributed by atoms with van der Waals surface area (Å²) < 4.78 is 5.45. The van der Waals surface area contributed by atoms with Crippen molar-refractivity contribution in [2.75, 3.05) is 39.9 Å². The number of fused-ring (bicyclic) bond motifs is 1. The lowest BCUT2D eigenvalue weighted by Crippen LogP contribution is -2.38. The number of hydrogen-bond donors (Lipinski definition) is 1. The maximum Gasteiger partial charge on any atom is 0.0503 e. The van der Waals surface area contributed by atoms with Gasteiger partial charge in [0.05, 0.1) is 6.61 Å². The summed E-state index contributed by atoms with van der Waals surface area (Å²) in [5.74, 6) is 1.55. The second-order valence-corrected chi connectivity index (χ2v) is 7.26. The van der Waals surface area contributed by atoms with Crippen molar-refractivity contribution in [3.8, 4) is 0 Å². The Morgan fingerprint density at radius 1 is 1.33 bits per heavy atom. The van der Waals surface area contributed by atoms with Gasteiger partial charge in [0.2, 0.25) is 0 Å². The maximum absolute atomic E-state index is 5.45. The van der Waals surface area contributed by atoms with Crippen molar-refractivity contribution < 1.29 is 4.74 Å². The van der Waals surface area contributed by atoms with Gasteiger partial charge in [0.25, 0.3) is 0 Å². The molecule has 1 saturated carbocycles. The highest BCUT2D eigenvalue weighted by Gasteiger charge is 2.67. The Balaban J connectivity index is 1.44. The number of ether oxygens (including phenoxy) is 1. The van der Waals surface area contributed by atoms with E-state index >= 15 is 0 Å². The molecule has 2 aliphatic heterocycles. The molecule has 3 nitrogen and oxygen atoms in total. The third-order valence-corrected chi connectivity index (χ3v) is 6.30. The van der Waals surface area contributed by atoms with Crippen LogP contribution in [-0.4, -0.2) is 50.8 Å². The van der Waals surface area contributed by atoms with Gasteiger partial charge in [0.1, 0.15) is 0 Å². The van der Waals surface area contributed by atoms with Crippen molar-refractivity contribution in [1.82, 2.24) is 10.2 Å². The summed E-state index contributed by atoms with van der Waals surface area (Å²) >= 11 is 0. The van der Waals surface area contributed by atoms with Crippen LogP contribution in [0.2, 0.25) is 0 Å². The van der Waals surface area contributed by atoms with Crippen LogP contribution in [0.4, 0.5) is 0 Å². The van der Waals surface area contributed by atoms with Crippen molar-refractivity contribution in [3.63, 3.8) is 0 Å². The fourth-order valence-electron chi connectivity index (χ4n) is 5.08. The van der Waals surface area contributed by atoms with Crippen molar-refractivity contribution >= 4 is 0 Å². The number of rotatable bonds is 4. The molecular formula is C18H28N2O. The Kier molecular flexibility index (Phi) is 3.68. The third-order valence-electron chi connectivity index (χ3n) is 6.30. The van der Waals surface area contributed by atoms with E-state index < -0.39 is 0 Å². The molecule has 2 aliphatic carbocycles. The van der Waals surface area contributed by atoms with Gasteiger partial charge < -0.3 is 10.1 Å². The summed E-state index contributed by atoms with van der Waals surface area (Å²) in [6.07, 6.45) is 12.9. The van der Waals surface area contributed by atoms with Gasteiger partial charge in [0.15, 0.2) is 0 Å². The van der Waals surface area contributed by atoms with Crippen LogP contribution in [-0.2, 0) is 4.74 Å². The Morgan fingerprint density at radius 2 is 2.19 bits per heavy atom. The van der Waals surface area contributed by atoms with E-state index in [-0.39, 0.29) is 0 Å². The molecule has 116 valence electrons. The first-order chi connectivity index (χ1) is 10.4. The molecule has 4 rings (SSSR count). The summed E-state index contributed by atoms with van der Waals surface area (Å²) in [5.41, 5.74) is 1.99. The van der Waals surface area contributed by atoms with Crippen LogP contribution in [0.5, 0.6) is 0 Å². The van der Waals surface area contributed by atoms with Crippen LogP contribution < -0.4 is 5.32 Å². The number of methoxy groups -OCH3 is 1. The molecule has 0 aromatic heterocycles. The quantitative estimate of drug-likeness (QED) is 0.858. The van der Waals surface area contributed by atoms with Gasteiger partial charge >= 0.3 is 0 Å². The maximum atomic E-state index is 5.45. The molecule has 21 heavy (non-hydrogen) atoms. The summed E-state index contributed by atoms with van der Waals surface area (Å²) in [6.45, 7) is 5.83. The average molecular weight is 288 g/mol. The molecule has 2 heterocycles. The second-order valence-electron chi connectivity index (χ2n) is 7.26. The van der Waals surface area contributed by atoms with E-state index in [0.717, 1.165) is 25.0 Å². The zero-order valence-corrected chi connectivity index (χ0v) is 13.2. The molecule has 4 unspecified atom stereocenters. The largest absolute Gasteiger partial charge is 0.384 e. The van der Waals surface area contributed by atoms with E-state index in [1.165, 1.54) is 45.3 Å². The molecule has 0 aromatic rings. The standard InChI is InChI=1S/C18H28N2O/c1-21-12-17-16-11-19-13-18(16,17)14-5-7-15(8-6-14)20-9-3-2-4-10-20/h5-7,15-17,19H,2-4,8-13H2,1H3. The summed E-state index contributed by atoms with van der Waals surface area (Å²) in [5, 5.41) is 3.58. The summed E-state index contributed by atoms with van der Waals surface area (Å²) in [6, 6.07) is 0.651. The molecule has 0 bridgehead atoms. The zero-order chi connectivity index (χ0) is 14.3. The summed E-state index contributed by atoms with van der Waals surface area (Å²) in [7, 11) is 1.84. The van der Waals surface area contributed by atoms with E-state index in [2.05, 4.69) is 28.4 Å². The van der Waals surface area contributed by atoms with Gasteiger partial charge in [-0.1, -0.05) is 24.6 Å². The molecule has 3 heteroatoms. The summed E-state index contributed by atoms with van der Waals surface area (Å²) in [4.78, 5) is 2.68. The monoisotopic (exact) mass is 288 g/mol. The Bertz CT molecular complexity index is 452. The highest BCUT2D eigenvalue weighted by atomic mass is 16.5. The predicted molar refractivity (Wildman–Crippen MR) is 85.2 cm³/mol. The van der Waals surface area contributed by atoms with Gasteiger partial charge in [-0.25, -0.2) is 0 Å². The lowest BCUT2D eigenvalue weighted by Gasteiger charge is -2.34. The fraction of sp³-hybridized carbons (Fsp3) is 0.778. The van der Waals surface area contributed by atoms with Crippen LogP contribution in [0.15, 0.2) is 23.8 Å². The molecule has 4 atom stereocenters. The smallest absolute Gasteiger partial charge is 0.0503 e. The molecule has 0 spiro atoms. The third kappa shape index (κ3) is 2.21. The zero-order valence-electron chi connectivity index (χ0n) is 13.2. The number of nitrogens with zero attached hydrogens (tertiary/aromatic N) is 1. The Labute approximate surface area is 128 Å². The minimum Gasteiger partial charge on any atom is -0.384 e. The van der Waals surface area contributed by atoms with Gasteiger partial charge in [-0.05, 0) is 56.3 Å². The second kappa shape index (κ2) is 5.53. The fourth-order valence-corrected chi connectivity index (χ4v) is 5.08. The minimum atomic E-state index is 0.402. The molecule has 1 N–H and O–H groups in total. The van der Waals surface area contributed by atoms with E-state index in [1.54, 1.807) is 5.57 Å². The van der Waals surface area contributed by atoms with E-state index in [9.17, 15) is 0 Å². The van der Waals surface area contributed by atoms with Crippen LogP contribution in [0.25, 0.3) is 0 Å². The number of allylic oxidation sites excluding steroid dienone is 1. The first-order valence-electron chi connectivity index (χ1n) is 8.69. The van der Waals surface area contributed by atoms with E-state index in [1.807, 2.05) is 7.11 Å². The molecule has 3 fully saturated rings. The molecule has 0 radical (unpaired) electrons. The van der Waals surface area contributed by atoms with E-state index in [0.29, 0.717) is 11.5 Å². The average Bonchev–Trinajstić information content (AvgIpc) is 2.94. The SMILES string of the molecule is COCC1C2CNCC21C1=CCC(N2CCCCC2)C=C1. The normalized spacial score (nSPS) is 42.7. The predicted octanol–water partition coefficient (Wildman–Crippen LogP) is 2.21. The first kappa shape index (κ1) is 14.0. The van der Waals surface area contributed by atoms with Gasteiger partial charge in [-0.2, -0.15) is 0 Å². The Hall–Kier alpha value is -0.640. The number of likely N-dealkylation sites (tertiary alicyclic amines) is 1. The molecule has 0 amide bonds. The van der Waals surface area contributed by atoms with Crippen LogP contribution in [0, 0.1) is 17.3 Å². The lowest BCUT2D eigenvalue weighted by molar-refractivity contribution is 0.169.